The molecule has 0 radical (unpaired) electrons. The van der Waals surface area contributed by atoms with Gasteiger partial charge in [0.2, 0.25) is 5.91 Å². The molecular weight excluding hydrogens is 464 g/mol. The fraction of sp³-hybridized carbons (Fsp3) is 0.276. The number of nitrogens with zero attached hydrogens (tertiary/aromatic N) is 5. The maximum atomic E-state index is 12.7. The van der Waals surface area contributed by atoms with E-state index in [1.165, 1.54) is 6.33 Å². The third-order valence-corrected chi connectivity index (χ3v) is 6.75. The fourth-order valence-corrected chi connectivity index (χ4v) is 5.01. The summed E-state index contributed by atoms with van der Waals surface area (Å²) in [5.41, 5.74) is 10.3. The van der Waals surface area contributed by atoms with Crippen LogP contribution in [0.3, 0.4) is 0 Å². The van der Waals surface area contributed by atoms with Crippen molar-refractivity contribution in [2.24, 2.45) is 0 Å². The predicted molar refractivity (Wildman–Crippen MR) is 147 cm³/mol. The van der Waals surface area contributed by atoms with Crippen molar-refractivity contribution < 1.29 is 9.53 Å². The van der Waals surface area contributed by atoms with E-state index in [-0.39, 0.29) is 11.9 Å². The summed E-state index contributed by atoms with van der Waals surface area (Å²) in [7, 11) is 3.96. The molecule has 5 rings (SSSR count). The van der Waals surface area contributed by atoms with Gasteiger partial charge in [-0.05, 0) is 57.3 Å². The van der Waals surface area contributed by atoms with E-state index in [2.05, 4.69) is 21.5 Å². The number of nitrogens with two attached hydrogens (primary N) is 1. The van der Waals surface area contributed by atoms with Gasteiger partial charge in [-0.15, -0.1) is 0 Å². The number of rotatable bonds is 7. The number of fused-ring (bicyclic) bond motifs is 1. The standard InChI is InChI=1S/C29H32N6O2/c1-20-26(21-11-13-24(14-12-21)37-23-8-5-4-6-9-23)27-28(30)31-19-32-29(27)35(20)22-15-17-34(18-22)25(36)10-7-16-33(2)3/h4-14,19,22H,15-18H2,1-3H3,(H2,30,31,32)/b10-7+. The number of hydrogen-bond acceptors (Lipinski definition) is 6. The first kappa shape index (κ1) is 24.5. The smallest absolute Gasteiger partial charge is 0.246 e. The second-order valence-electron chi connectivity index (χ2n) is 9.62. The highest BCUT2D eigenvalue weighted by Gasteiger charge is 2.31. The number of benzene rings is 2. The highest BCUT2D eigenvalue weighted by atomic mass is 16.5. The molecule has 2 aromatic carbocycles. The molecule has 0 saturated carbocycles. The van der Waals surface area contributed by atoms with Gasteiger partial charge >= 0.3 is 0 Å². The molecule has 190 valence electrons. The summed E-state index contributed by atoms with van der Waals surface area (Å²) in [6, 6.07) is 17.8. The Bertz CT molecular complexity index is 1430. The molecule has 37 heavy (non-hydrogen) atoms. The highest BCUT2D eigenvalue weighted by molar-refractivity contribution is 6.02. The summed E-state index contributed by atoms with van der Waals surface area (Å²) >= 11 is 0. The average molecular weight is 497 g/mol. The topological polar surface area (TPSA) is 89.5 Å². The third-order valence-electron chi connectivity index (χ3n) is 6.75. The zero-order valence-corrected chi connectivity index (χ0v) is 21.5. The largest absolute Gasteiger partial charge is 0.457 e. The lowest BCUT2D eigenvalue weighted by atomic mass is 10.0. The number of nitrogen functional groups attached to an aromatic ring is 1. The van der Waals surface area contributed by atoms with E-state index < -0.39 is 0 Å². The Kier molecular flexibility index (Phi) is 6.92. The van der Waals surface area contributed by atoms with E-state index in [0.29, 0.717) is 18.9 Å². The van der Waals surface area contributed by atoms with Gasteiger partial charge in [0.25, 0.3) is 0 Å². The molecule has 1 fully saturated rings. The molecule has 4 aromatic rings. The number of hydrogen-bond donors (Lipinski definition) is 1. The van der Waals surface area contributed by atoms with Crippen molar-refractivity contribution in [1.29, 1.82) is 0 Å². The molecular formula is C29H32N6O2. The molecule has 8 heteroatoms. The van der Waals surface area contributed by atoms with Crippen LogP contribution in [0.2, 0.25) is 0 Å². The van der Waals surface area contributed by atoms with Crippen LogP contribution in [0.25, 0.3) is 22.2 Å². The quantitative estimate of drug-likeness (QED) is 0.374. The van der Waals surface area contributed by atoms with Crippen LogP contribution in [0.5, 0.6) is 11.5 Å². The molecule has 1 saturated heterocycles. The molecule has 8 nitrogen and oxygen atoms in total. The van der Waals surface area contributed by atoms with E-state index >= 15 is 0 Å². The monoisotopic (exact) mass is 496 g/mol. The number of para-hydroxylation sites is 1. The molecule has 2 aromatic heterocycles. The van der Waals surface area contributed by atoms with Gasteiger partial charge in [0.1, 0.15) is 29.3 Å². The molecule has 0 spiro atoms. The number of aromatic nitrogens is 3. The minimum Gasteiger partial charge on any atom is -0.457 e. The summed E-state index contributed by atoms with van der Waals surface area (Å²) in [4.78, 5) is 25.6. The van der Waals surface area contributed by atoms with Crippen molar-refractivity contribution >= 4 is 22.8 Å². The summed E-state index contributed by atoms with van der Waals surface area (Å²) in [6.07, 6.45) is 5.94. The Morgan fingerprint density at radius 3 is 2.57 bits per heavy atom. The van der Waals surface area contributed by atoms with E-state index in [1.807, 2.05) is 84.6 Å². The molecule has 2 N–H and O–H groups in total. The van der Waals surface area contributed by atoms with E-state index in [1.54, 1.807) is 6.08 Å². The number of ether oxygens (including phenoxy) is 1. The Morgan fingerprint density at radius 1 is 1.11 bits per heavy atom. The van der Waals surface area contributed by atoms with Gasteiger partial charge in [0.05, 0.1) is 11.4 Å². The van der Waals surface area contributed by atoms with Gasteiger partial charge in [-0.3, -0.25) is 4.79 Å². The Labute approximate surface area is 217 Å². The molecule has 1 atom stereocenters. The van der Waals surface area contributed by atoms with Crippen LogP contribution in [-0.2, 0) is 4.79 Å². The van der Waals surface area contributed by atoms with Crippen LogP contribution in [0.4, 0.5) is 5.82 Å². The first-order valence-corrected chi connectivity index (χ1v) is 12.5. The van der Waals surface area contributed by atoms with Gasteiger partial charge in [0, 0.05) is 37.0 Å². The Morgan fingerprint density at radius 2 is 1.84 bits per heavy atom. The average Bonchev–Trinajstić information content (AvgIpc) is 3.48. The minimum absolute atomic E-state index is 0.0434. The van der Waals surface area contributed by atoms with Gasteiger partial charge < -0.3 is 24.8 Å². The highest BCUT2D eigenvalue weighted by Crippen LogP contribution is 2.40. The molecule has 1 aliphatic rings. The SMILES string of the molecule is Cc1c(-c2ccc(Oc3ccccc3)cc2)c2c(N)ncnc2n1C1CCN(C(=O)/C=C/CN(C)C)C1. The summed E-state index contributed by atoms with van der Waals surface area (Å²) in [5, 5.41) is 0.840. The maximum absolute atomic E-state index is 12.7. The number of amides is 1. The van der Waals surface area contributed by atoms with Gasteiger partial charge in [0.15, 0.2) is 0 Å². The Balaban J connectivity index is 1.45. The second-order valence-corrected chi connectivity index (χ2v) is 9.62. The van der Waals surface area contributed by atoms with Crippen LogP contribution in [0.1, 0.15) is 18.2 Å². The molecule has 1 aliphatic heterocycles. The van der Waals surface area contributed by atoms with Crippen LogP contribution in [0.15, 0.2) is 73.1 Å². The van der Waals surface area contributed by atoms with Crippen molar-refractivity contribution in [3.05, 3.63) is 78.8 Å². The van der Waals surface area contributed by atoms with Crippen molar-refractivity contribution in [1.82, 2.24) is 24.3 Å². The lowest BCUT2D eigenvalue weighted by Crippen LogP contribution is -2.27. The van der Waals surface area contributed by atoms with Gasteiger partial charge in [-0.25, -0.2) is 9.97 Å². The number of anilines is 1. The lowest BCUT2D eigenvalue weighted by Gasteiger charge is -2.18. The summed E-state index contributed by atoms with van der Waals surface area (Å²) in [6.45, 7) is 4.16. The lowest BCUT2D eigenvalue weighted by molar-refractivity contribution is -0.125. The zero-order chi connectivity index (χ0) is 25.9. The summed E-state index contributed by atoms with van der Waals surface area (Å²) < 4.78 is 8.20. The van der Waals surface area contributed by atoms with E-state index in [0.717, 1.165) is 52.3 Å². The molecule has 1 amide bonds. The number of carbonyl (C=O) groups is 1. The number of likely N-dealkylation sites (tertiary alicyclic amines) is 1. The van der Waals surface area contributed by atoms with Crippen LogP contribution < -0.4 is 10.5 Å². The Hall–Kier alpha value is -4.17. The maximum Gasteiger partial charge on any atom is 0.246 e. The van der Waals surface area contributed by atoms with Crippen molar-refractivity contribution in [2.75, 3.05) is 39.5 Å². The van der Waals surface area contributed by atoms with Gasteiger partial charge in [-0.1, -0.05) is 36.4 Å². The first-order chi connectivity index (χ1) is 17.9. The van der Waals surface area contributed by atoms with Gasteiger partial charge in [-0.2, -0.15) is 0 Å². The number of carbonyl (C=O) groups excluding carboxylic acids is 1. The third kappa shape index (κ3) is 5.06. The molecule has 1 unspecified atom stereocenters. The van der Waals surface area contributed by atoms with Crippen LogP contribution in [-0.4, -0.2) is 64.0 Å². The van der Waals surface area contributed by atoms with E-state index in [9.17, 15) is 4.79 Å². The zero-order valence-electron chi connectivity index (χ0n) is 21.5. The second kappa shape index (κ2) is 10.4. The van der Waals surface area contributed by atoms with Crippen molar-refractivity contribution in [3.8, 4) is 22.6 Å². The molecule has 0 aliphatic carbocycles. The minimum atomic E-state index is 0.0434. The molecule has 0 bridgehead atoms. The van der Waals surface area contributed by atoms with E-state index in [4.69, 9.17) is 10.5 Å². The molecule has 3 heterocycles. The summed E-state index contributed by atoms with van der Waals surface area (Å²) in [5.74, 6) is 2.04. The first-order valence-electron chi connectivity index (χ1n) is 12.5. The van der Waals surface area contributed by atoms with Crippen LogP contribution in [0, 0.1) is 6.92 Å². The van der Waals surface area contributed by atoms with Crippen molar-refractivity contribution in [2.45, 2.75) is 19.4 Å². The predicted octanol–water partition coefficient (Wildman–Crippen LogP) is 4.67. The van der Waals surface area contributed by atoms with Crippen LogP contribution >= 0.6 is 0 Å². The van der Waals surface area contributed by atoms with Crippen molar-refractivity contribution in [3.63, 3.8) is 0 Å². The fourth-order valence-electron chi connectivity index (χ4n) is 5.01. The number of likely N-dealkylation sites (N-methyl/N-ethyl adjacent to an activating group) is 1. The normalized spacial score (nSPS) is 15.8.